The Kier molecular flexibility index (Phi) is 3.54. The molecule has 1 saturated carbocycles. The Bertz CT molecular complexity index is 240. The topological polar surface area (TPSA) is 64.7 Å². The van der Waals surface area contributed by atoms with Crippen molar-refractivity contribution < 1.29 is 14.6 Å². The molecule has 1 aliphatic heterocycles. The van der Waals surface area contributed by atoms with Gasteiger partial charge in [0.05, 0.1) is 18.3 Å². The zero-order chi connectivity index (χ0) is 11.6. The molecular formula is C12H23NO3. The molecule has 1 aliphatic carbocycles. The van der Waals surface area contributed by atoms with Gasteiger partial charge in [0.25, 0.3) is 0 Å². The predicted molar refractivity (Wildman–Crippen MR) is 61.1 cm³/mol. The van der Waals surface area contributed by atoms with Gasteiger partial charge in [-0.3, -0.25) is 0 Å². The van der Waals surface area contributed by atoms with Crippen LogP contribution in [0.5, 0.6) is 0 Å². The lowest BCUT2D eigenvalue weighted by atomic mass is 9.63. The van der Waals surface area contributed by atoms with E-state index in [1.54, 1.807) is 7.11 Å². The minimum atomic E-state index is -0.800. The van der Waals surface area contributed by atoms with Crippen LogP contribution in [-0.4, -0.2) is 43.7 Å². The first kappa shape index (κ1) is 12.3. The van der Waals surface area contributed by atoms with E-state index in [9.17, 15) is 5.11 Å². The van der Waals surface area contributed by atoms with E-state index in [0.29, 0.717) is 19.8 Å². The Morgan fingerprint density at radius 1 is 1.44 bits per heavy atom. The van der Waals surface area contributed by atoms with Crippen molar-refractivity contribution in [1.29, 1.82) is 0 Å². The highest BCUT2D eigenvalue weighted by atomic mass is 16.5. The highest BCUT2D eigenvalue weighted by Crippen LogP contribution is 2.47. The summed E-state index contributed by atoms with van der Waals surface area (Å²) >= 11 is 0. The van der Waals surface area contributed by atoms with Crippen LogP contribution in [0.2, 0.25) is 0 Å². The molecule has 94 valence electrons. The maximum Gasteiger partial charge on any atom is 0.0998 e. The number of hydrogen-bond donors (Lipinski definition) is 2. The largest absolute Gasteiger partial charge is 0.386 e. The molecule has 3 atom stereocenters. The van der Waals surface area contributed by atoms with Gasteiger partial charge in [-0.25, -0.2) is 0 Å². The number of ether oxygens (including phenoxy) is 2. The summed E-state index contributed by atoms with van der Waals surface area (Å²) in [6.45, 7) is 1.75. The minimum Gasteiger partial charge on any atom is -0.386 e. The van der Waals surface area contributed by atoms with Gasteiger partial charge in [0.2, 0.25) is 0 Å². The average Bonchev–Trinajstić information content (AvgIpc) is 2.80. The minimum absolute atomic E-state index is 0.0912. The number of rotatable bonds is 3. The second-order valence-corrected chi connectivity index (χ2v) is 5.18. The molecule has 0 amide bonds. The van der Waals surface area contributed by atoms with Crippen LogP contribution in [-0.2, 0) is 9.47 Å². The van der Waals surface area contributed by atoms with Gasteiger partial charge in [-0.1, -0.05) is 12.8 Å². The SMILES string of the molecule is COC1CCCCC1(O)C1(CN)CCOC1. The van der Waals surface area contributed by atoms with E-state index in [4.69, 9.17) is 15.2 Å². The number of hydrogen-bond acceptors (Lipinski definition) is 4. The fourth-order valence-electron chi connectivity index (χ4n) is 3.33. The Balaban J connectivity index is 2.25. The summed E-state index contributed by atoms with van der Waals surface area (Å²) in [6, 6.07) is 0. The van der Waals surface area contributed by atoms with Crippen LogP contribution in [0.4, 0.5) is 0 Å². The lowest BCUT2D eigenvalue weighted by Crippen LogP contribution is -2.61. The molecule has 0 radical (unpaired) electrons. The second-order valence-electron chi connectivity index (χ2n) is 5.18. The number of methoxy groups -OCH3 is 1. The molecule has 0 aromatic heterocycles. The van der Waals surface area contributed by atoms with Crippen molar-refractivity contribution in [2.75, 3.05) is 26.9 Å². The van der Waals surface area contributed by atoms with Gasteiger partial charge in [0, 0.05) is 25.7 Å². The molecular weight excluding hydrogens is 206 g/mol. The van der Waals surface area contributed by atoms with Gasteiger partial charge in [0.1, 0.15) is 0 Å². The third kappa shape index (κ3) is 1.68. The van der Waals surface area contributed by atoms with E-state index < -0.39 is 5.60 Å². The molecule has 2 rings (SSSR count). The summed E-state index contributed by atoms with van der Waals surface area (Å²) in [5.74, 6) is 0. The fraction of sp³-hybridized carbons (Fsp3) is 1.00. The van der Waals surface area contributed by atoms with Gasteiger partial charge >= 0.3 is 0 Å². The van der Waals surface area contributed by atoms with Crippen molar-refractivity contribution in [2.45, 2.75) is 43.8 Å². The van der Waals surface area contributed by atoms with Crippen LogP contribution >= 0.6 is 0 Å². The maximum absolute atomic E-state index is 11.0. The van der Waals surface area contributed by atoms with Crippen LogP contribution in [0.3, 0.4) is 0 Å². The van der Waals surface area contributed by atoms with Crippen molar-refractivity contribution in [3.63, 3.8) is 0 Å². The van der Waals surface area contributed by atoms with Crippen LogP contribution in [0, 0.1) is 5.41 Å². The maximum atomic E-state index is 11.0. The van der Waals surface area contributed by atoms with E-state index in [-0.39, 0.29) is 11.5 Å². The summed E-state index contributed by atoms with van der Waals surface area (Å²) in [7, 11) is 1.68. The Labute approximate surface area is 97.1 Å². The van der Waals surface area contributed by atoms with Crippen LogP contribution in [0.15, 0.2) is 0 Å². The van der Waals surface area contributed by atoms with Crippen molar-refractivity contribution in [3.8, 4) is 0 Å². The monoisotopic (exact) mass is 229 g/mol. The Hall–Kier alpha value is -0.160. The Morgan fingerprint density at radius 3 is 2.81 bits per heavy atom. The first-order chi connectivity index (χ1) is 7.68. The molecule has 0 aromatic rings. The summed E-state index contributed by atoms with van der Waals surface area (Å²) in [6.07, 6.45) is 4.65. The molecule has 3 unspecified atom stereocenters. The zero-order valence-corrected chi connectivity index (χ0v) is 10.1. The van der Waals surface area contributed by atoms with Crippen molar-refractivity contribution in [2.24, 2.45) is 11.1 Å². The molecule has 0 bridgehead atoms. The lowest BCUT2D eigenvalue weighted by molar-refractivity contribution is -0.185. The summed E-state index contributed by atoms with van der Waals surface area (Å²) in [5.41, 5.74) is 4.81. The second kappa shape index (κ2) is 4.61. The standard InChI is InChI=1S/C12H23NO3/c1-15-10-4-2-3-5-12(10,14)11(8-13)6-7-16-9-11/h10,14H,2-9,13H2,1H3. The van der Waals surface area contributed by atoms with E-state index in [1.807, 2.05) is 0 Å². The van der Waals surface area contributed by atoms with Gasteiger partial charge in [0.15, 0.2) is 0 Å². The summed E-state index contributed by atoms with van der Waals surface area (Å²) < 4.78 is 11.0. The zero-order valence-electron chi connectivity index (χ0n) is 10.1. The third-order valence-electron chi connectivity index (χ3n) is 4.50. The quantitative estimate of drug-likeness (QED) is 0.746. The van der Waals surface area contributed by atoms with Crippen molar-refractivity contribution in [3.05, 3.63) is 0 Å². The van der Waals surface area contributed by atoms with Gasteiger partial charge in [-0.05, 0) is 19.3 Å². The smallest absolute Gasteiger partial charge is 0.0998 e. The first-order valence-electron chi connectivity index (χ1n) is 6.21. The fourth-order valence-corrected chi connectivity index (χ4v) is 3.33. The summed E-state index contributed by atoms with van der Waals surface area (Å²) in [4.78, 5) is 0. The van der Waals surface area contributed by atoms with Crippen LogP contribution < -0.4 is 5.73 Å². The molecule has 4 heteroatoms. The predicted octanol–water partition coefficient (Wildman–Crippen LogP) is 0.672. The van der Waals surface area contributed by atoms with E-state index >= 15 is 0 Å². The third-order valence-corrected chi connectivity index (χ3v) is 4.50. The van der Waals surface area contributed by atoms with Gasteiger partial charge in [-0.15, -0.1) is 0 Å². The Morgan fingerprint density at radius 2 is 2.25 bits per heavy atom. The number of aliphatic hydroxyl groups is 1. The molecule has 4 nitrogen and oxygen atoms in total. The molecule has 0 spiro atoms. The lowest BCUT2D eigenvalue weighted by Gasteiger charge is -2.50. The average molecular weight is 229 g/mol. The number of nitrogens with two attached hydrogens (primary N) is 1. The molecule has 1 heterocycles. The normalized spacial score (nSPS) is 44.8. The first-order valence-corrected chi connectivity index (χ1v) is 6.21. The van der Waals surface area contributed by atoms with Crippen LogP contribution in [0.1, 0.15) is 32.1 Å². The van der Waals surface area contributed by atoms with E-state index in [0.717, 1.165) is 32.1 Å². The van der Waals surface area contributed by atoms with Gasteiger partial charge < -0.3 is 20.3 Å². The summed E-state index contributed by atoms with van der Waals surface area (Å²) in [5, 5.41) is 11.0. The van der Waals surface area contributed by atoms with Crippen molar-refractivity contribution in [1.82, 2.24) is 0 Å². The van der Waals surface area contributed by atoms with Gasteiger partial charge in [-0.2, -0.15) is 0 Å². The molecule has 2 aliphatic rings. The molecule has 3 N–H and O–H groups in total. The van der Waals surface area contributed by atoms with Crippen LogP contribution in [0.25, 0.3) is 0 Å². The molecule has 16 heavy (non-hydrogen) atoms. The molecule has 0 aromatic carbocycles. The van der Waals surface area contributed by atoms with E-state index in [2.05, 4.69) is 0 Å². The van der Waals surface area contributed by atoms with E-state index in [1.165, 1.54) is 0 Å². The van der Waals surface area contributed by atoms with Crippen molar-refractivity contribution >= 4 is 0 Å². The highest BCUT2D eigenvalue weighted by molar-refractivity contribution is 5.07. The highest BCUT2D eigenvalue weighted by Gasteiger charge is 2.56. The molecule has 2 fully saturated rings. The molecule has 1 saturated heterocycles.